The molecule has 0 bridgehead atoms. The van der Waals surface area contributed by atoms with Crippen molar-refractivity contribution in [3.05, 3.63) is 16.0 Å². The maximum absolute atomic E-state index is 11.5. The predicted octanol–water partition coefficient (Wildman–Crippen LogP) is 1.76. The van der Waals surface area contributed by atoms with Gasteiger partial charge in [-0.15, -0.1) is 11.3 Å². The number of carboxylic acids is 1. The third kappa shape index (κ3) is 4.19. The average Bonchev–Trinajstić information content (AvgIpc) is 2.60. The van der Waals surface area contributed by atoms with Crippen LogP contribution < -0.4 is 10.8 Å². The summed E-state index contributed by atoms with van der Waals surface area (Å²) in [6, 6.07) is -0.625. The summed E-state index contributed by atoms with van der Waals surface area (Å²) in [5, 5.41) is 11.8. The molecule has 1 rings (SSSR count). The van der Waals surface area contributed by atoms with Gasteiger partial charge in [-0.2, -0.15) is 0 Å². The molecule has 0 saturated heterocycles. The van der Waals surface area contributed by atoms with Crippen LogP contribution in [0.4, 0.5) is 9.80 Å². The average molecular weight is 288 g/mol. The first-order chi connectivity index (χ1) is 8.97. The lowest BCUT2D eigenvalue weighted by atomic mass is 10.1. The molecule has 0 radical (unpaired) electrons. The standard InChI is InChI=1S/C11H16N2O5S/c1-6-7(2)19-9(8(6)10(14)15)12-11(16)13-18-5-4-17-3/h4-5H2,1-3H3,(H,14,15)(H2,12,13,16). The topological polar surface area (TPSA) is 96.9 Å². The highest BCUT2D eigenvalue weighted by Crippen LogP contribution is 2.32. The molecule has 8 heteroatoms. The number of carbonyl (C=O) groups excluding carboxylic acids is 1. The van der Waals surface area contributed by atoms with E-state index in [0.29, 0.717) is 12.2 Å². The highest BCUT2D eigenvalue weighted by atomic mass is 32.1. The van der Waals surface area contributed by atoms with E-state index in [2.05, 4.69) is 10.8 Å². The predicted molar refractivity (Wildman–Crippen MR) is 70.7 cm³/mol. The van der Waals surface area contributed by atoms with Gasteiger partial charge in [0.25, 0.3) is 0 Å². The fourth-order valence-electron chi connectivity index (χ4n) is 1.34. The number of aryl methyl sites for hydroxylation is 1. The molecule has 0 unspecified atom stereocenters. The number of urea groups is 1. The van der Waals surface area contributed by atoms with Gasteiger partial charge in [0, 0.05) is 12.0 Å². The van der Waals surface area contributed by atoms with Gasteiger partial charge in [-0.3, -0.25) is 10.2 Å². The van der Waals surface area contributed by atoms with Crippen molar-refractivity contribution in [3.63, 3.8) is 0 Å². The van der Waals surface area contributed by atoms with E-state index >= 15 is 0 Å². The SMILES string of the molecule is COCCONC(=O)Nc1sc(C)c(C)c1C(=O)O. The van der Waals surface area contributed by atoms with E-state index in [0.717, 1.165) is 4.88 Å². The van der Waals surface area contributed by atoms with Crippen molar-refractivity contribution in [1.82, 2.24) is 5.48 Å². The van der Waals surface area contributed by atoms with Crippen molar-refractivity contribution < 1.29 is 24.3 Å². The van der Waals surface area contributed by atoms with Gasteiger partial charge in [0.15, 0.2) is 0 Å². The van der Waals surface area contributed by atoms with Crippen molar-refractivity contribution in [2.24, 2.45) is 0 Å². The van der Waals surface area contributed by atoms with Gasteiger partial charge < -0.3 is 9.84 Å². The van der Waals surface area contributed by atoms with Gasteiger partial charge in [0.05, 0.1) is 18.8 Å². The number of methoxy groups -OCH3 is 1. The number of amides is 2. The van der Waals surface area contributed by atoms with Crippen LogP contribution in [0.2, 0.25) is 0 Å². The number of anilines is 1. The third-order valence-electron chi connectivity index (χ3n) is 2.38. The first-order valence-corrected chi connectivity index (χ1v) is 6.30. The smallest absolute Gasteiger partial charge is 0.343 e. The molecule has 0 aliphatic rings. The lowest BCUT2D eigenvalue weighted by molar-refractivity contribution is 0.0272. The fraction of sp³-hybridized carbons (Fsp3) is 0.455. The molecule has 1 aromatic heterocycles. The summed E-state index contributed by atoms with van der Waals surface area (Å²) in [6.45, 7) is 4.05. The van der Waals surface area contributed by atoms with E-state index in [1.54, 1.807) is 13.8 Å². The second-order valence-electron chi connectivity index (χ2n) is 3.69. The number of aromatic carboxylic acids is 1. The fourth-order valence-corrected chi connectivity index (χ4v) is 2.39. The minimum atomic E-state index is -1.07. The normalized spacial score (nSPS) is 10.3. The van der Waals surface area contributed by atoms with Crippen LogP contribution in [0, 0.1) is 13.8 Å². The van der Waals surface area contributed by atoms with Crippen LogP contribution in [0.1, 0.15) is 20.8 Å². The Labute approximate surface area is 114 Å². The van der Waals surface area contributed by atoms with Gasteiger partial charge in [-0.1, -0.05) is 0 Å². The summed E-state index contributed by atoms with van der Waals surface area (Å²) >= 11 is 1.21. The van der Waals surface area contributed by atoms with Crippen molar-refractivity contribution in [2.75, 3.05) is 25.6 Å². The largest absolute Gasteiger partial charge is 0.478 e. The Morgan fingerprint density at radius 2 is 2.00 bits per heavy atom. The maximum atomic E-state index is 11.5. The number of nitrogens with one attached hydrogen (secondary N) is 2. The van der Waals surface area contributed by atoms with Gasteiger partial charge in [0.1, 0.15) is 5.00 Å². The highest BCUT2D eigenvalue weighted by molar-refractivity contribution is 7.16. The molecule has 3 N–H and O–H groups in total. The van der Waals surface area contributed by atoms with Crippen LogP contribution in [0.3, 0.4) is 0 Å². The van der Waals surface area contributed by atoms with Crippen LogP contribution in [0.15, 0.2) is 0 Å². The van der Waals surface area contributed by atoms with E-state index in [9.17, 15) is 9.59 Å². The number of carboxylic acid groups (broad SMARTS) is 1. The molecule has 0 spiro atoms. The van der Waals surface area contributed by atoms with Crippen molar-refractivity contribution in [1.29, 1.82) is 0 Å². The first-order valence-electron chi connectivity index (χ1n) is 5.48. The zero-order chi connectivity index (χ0) is 14.4. The third-order valence-corrected chi connectivity index (χ3v) is 3.50. The van der Waals surface area contributed by atoms with E-state index in [4.69, 9.17) is 14.7 Å². The molecule has 0 aromatic carbocycles. The monoisotopic (exact) mass is 288 g/mol. The Morgan fingerprint density at radius 3 is 2.58 bits per heavy atom. The van der Waals surface area contributed by atoms with E-state index < -0.39 is 12.0 Å². The summed E-state index contributed by atoms with van der Waals surface area (Å²) in [4.78, 5) is 28.3. The second-order valence-corrected chi connectivity index (χ2v) is 4.91. The van der Waals surface area contributed by atoms with Gasteiger partial charge in [0.2, 0.25) is 0 Å². The highest BCUT2D eigenvalue weighted by Gasteiger charge is 2.20. The summed E-state index contributed by atoms with van der Waals surface area (Å²) in [5.41, 5.74) is 2.90. The molecule has 2 amide bonds. The van der Waals surface area contributed by atoms with Crippen LogP contribution in [-0.4, -0.2) is 37.4 Å². The number of rotatable bonds is 6. The Balaban J connectivity index is 2.64. The minimum Gasteiger partial charge on any atom is -0.478 e. The Morgan fingerprint density at radius 1 is 1.32 bits per heavy atom. The van der Waals surface area contributed by atoms with Crippen LogP contribution >= 0.6 is 11.3 Å². The minimum absolute atomic E-state index is 0.106. The molecular weight excluding hydrogens is 272 g/mol. The quantitative estimate of drug-likeness (QED) is 0.547. The number of carbonyl (C=O) groups is 2. The van der Waals surface area contributed by atoms with Gasteiger partial charge >= 0.3 is 12.0 Å². The van der Waals surface area contributed by atoms with Crippen LogP contribution in [0.25, 0.3) is 0 Å². The van der Waals surface area contributed by atoms with Gasteiger partial charge in [-0.25, -0.2) is 15.1 Å². The molecular formula is C11H16N2O5S. The van der Waals surface area contributed by atoms with Crippen LogP contribution in [-0.2, 0) is 9.57 Å². The Kier molecular flexibility index (Phi) is 5.74. The maximum Gasteiger partial charge on any atom is 0.343 e. The van der Waals surface area contributed by atoms with Crippen molar-refractivity contribution in [3.8, 4) is 0 Å². The number of ether oxygens (including phenoxy) is 1. The van der Waals surface area contributed by atoms with Crippen molar-refractivity contribution in [2.45, 2.75) is 13.8 Å². The number of hydroxylamine groups is 1. The zero-order valence-electron chi connectivity index (χ0n) is 10.9. The Bertz CT molecular complexity index is 472. The summed E-state index contributed by atoms with van der Waals surface area (Å²) in [5.74, 6) is -1.07. The summed E-state index contributed by atoms with van der Waals surface area (Å²) < 4.78 is 4.74. The summed E-state index contributed by atoms with van der Waals surface area (Å²) in [6.07, 6.45) is 0. The molecule has 106 valence electrons. The molecule has 19 heavy (non-hydrogen) atoms. The molecule has 0 aliphatic heterocycles. The van der Waals surface area contributed by atoms with E-state index in [1.165, 1.54) is 18.4 Å². The Hall–Kier alpha value is -1.64. The number of hydrogen-bond donors (Lipinski definition) is 3. The zero-order valence-corrected chi connectivity index (χ0v) is 11.7. The first kappa shape index (κ1) is 15.4. The lowest BCUT2D eigenvalue weighted by Crippen LogP contribution is -2.30. The molecule has 0 aliphatic carbocycles. The molecule has 1 heterocycles. The number of hydrogen-bond acceptors (Lipinski definition) is 5. The summed E-state index contributed by atoms with van der Waals surface area (Å²) in [7, 11) is 1.51. The second kappa shape index (κ2) is 7.07. The molecule has 0 fully saturated rings. The molecule has 1 aromatic rings. The van der Waals surface area contributed by atoms with Crippen molar-refractivity contribution >= 4 is 28.3 Å². The van der Waals surface area contributed by atoms with E-state index in [-0.39, 0.29) is 17.2 Å². The lowest BCUT2D eigenvalue weighted by Gasteiger charge is -2.07. The molecule has 7 nitrogen and oxygen atoms in total. The molecule has 0 saturated carbocycles. The van der Waals surface area contributed by atoms with E-state index in [1.807, 2.05) is 0 Å². The molecule has 0 atom stereocenters. The number of thiophene rings is 1. The van der Waals surface area contributed by atoms with Crippen LogP contribution in [0.5, 0.6) is 0 Å². The van der Waals surface area contributed by atoms with Gasteiger partial charge in [-0.05, 0) is 19.4 Å².